The molecule has 3 N–H and O–H groups in total. The normalized spacial score (nSPS) is 35.0. The molecule has 0 saturated carbocycles. The summed E-state index contributed by atoms with van der Waals surface area (Å²) in [6.45, 7) is 2.72. The van der Waals surface area contributed by atoms with Crippen molar-refractivity contribution in [3.05, 3.63) is 34.9 Å². The largest absolute Gasteiger partial charge is 0.385 e. The molecular weight excluding hydrogens is 226 g/mol. The second-order valence-corrected chi connectivity index (χ2v) is 5.00. The molecule has 1 heterocycles. The van der Waals surface area contributed by atoms with Crippen molar-refractivity contribution >= 4 is 11.6 Å². The molecule has 0 aromatic heterocycles. The number of aliphatic hydroxyl groups is 2. The summed E-state index contributed by atoms with van der Waals surface area (Å²) in [6.07, 6.45) is 0.488. The third-order valence-electron chi connectivity index (χ3n) is 3.35. The van der Waals surface area contributed by atoms with E-state index in [1.807, 2.05) is 0 Å². The molecule has 3 nitrogen and oxygen atoms in total. The summed E-state index contributed by atoms with van der Waals surface area (Å²) in [5.74, 6) is 0. The first-order valence-electron chi connectivity index (χ1n) is 5.37. The summed E-state index contributed by atoms with van der Waals surface area (Å²) >= 11 is 5.81. The average molecular weight is 242 g/mol. The summed E-state index contributed by atoms with van der Waals surface area (Å²) in [5.41, 5.74) is -1.66. The molecule has 1 fully saturated rings. The average Bonchev–Trinajstić information content (AvgIpc) is 2.23. The lowest BCUT2D eigenvalue weighted by Crippen LogP contribution is -2.60. The van der Waals surface area contributed by atoms with E-state index in [9.17, 15) is 10.2 Å². The standard InChI is InChI=1S/C12H16ClNO2/c1-11(15)8-14-7-6-12(11,16)9-2-4-10(13)5-3-9/h2-5,14-16H,6-8H2,1H3. The Balaban J connectivity index is 2.39. The highest BCUT2D eigenvalue weighted by atomic mass is 35.5. The Morgan fingerprint density at radius 3 is 2.44 bits per heavy atom. The zero-order chi connectivity index (χ0) is 11.8. The second-order valence-electron chi connectivity index (χ2n) is 4.57. The predicted octanol–water partition coefficient (Wildman–Crippen LogP) is 1.27. The minimum atomic E-state index is -1.21. The van der Waals surface area contributed by atoms with Crippen LogP contribution in [0.1, 0.15) is 18.9 Å². The lowest BCUT2D eigenvalue weighted by Gasteiger charge is -2.45. The van der Waals surface area contributed by atoms with Gasteiger partial charge in [-0.3, -0.25) is 0 Å². The van der Waals surface area contributed by atoms with E-state index in [1.165, 1.54) is 0 Å². The minimum absolute atomic E-state index is 0.381. The highest BCUT2D eigenvalue weighted by Crippen LogP contribution is 2.38. The molecule has 4 heteroatoms. The summed E-state index contributed by atoms with van der Waals surface area (Å²) in [5, 5.41) is 24.6. The van der Waals surface area contributed by atoms with Crippen molar-refractivity contribution in [1.82, 2.24) is 5.32 Å². The van der Waals surface area contributed by atoms with Gasteiger partial charge in [0.2, 0.25) is 0 Å². The maximum absolute atomic E-state index is 10.6. The van der Waals surface area contributed by atoms with Crippen LogP contribution in [-0.4, -0.2) is 28.9 Å². The van der Waals surface area contributed by atoms with E-state index < -0.39 is 11.2 Å². The van der Waals surface area contributed by atoms with Gasteiger partial charge in [0.25, 0.3) is 0 Å². The number of hydrogen-bond acceptors (Lipinski definition) is 3. The Morgan fingerprint density at radius 2 is 1.88 bits per heavy atom. The van der Waals surface area contributed by atoms with Crippen molar-refractivity contribution in [2.75, 3.05) is 13.1 Å². The van der Waals surface area contributed by atoms with E-state index in [2.05, 4.69) is 5.32 Å². The number of hydrogen-bond donors (Lipinski definition) is 3. The first kappa shape index (κ1) is 11.9. The van der Waals surface area contributed by atoms with Gasteiger partial charge in [-0.15, -0.1) is 0 Å². The number of rotatable bonds is 1. The number of nitrogens with one attached hydrogen (secondary N) is 1. The van der Waals surface area contributed by atoms with Crippen LogP contribution >= 0.6 is 11.6 Å². The fourth-order valence-electron chi connectivity index (χ4n) is 2.20. The van der Waals surface area contributed by atoms with E-state index in [1.54, 1.807) is 31.2 Å². The first-order chi connectivity index (χ1) is 7.46. The molecular formula is C12H16ClNO2. The smallest absolute Gasteiger partial charge is 0.120 e. The van der Waals surface area contributed by atoms with Crippen molar-refractivity contribution in [2.24, 2.45) is 0 Å². The van der Waals surface area contributed by atoms with Crippen LogP contribution in [0.25, 0.3) is 0 Å². The number of piperidine rings is 1. The topological polar surface area (TPSA) is 52.5 Å². The molecule has 0 amide bonds. The Morgan fingerprint density at radius 1 is 1.25 bits per heavy atom. The fourth-order valence-corrected chi connectivity index (χ4v) is 2.32. The Hall–Kier alpha value is -0.610. The SMILES string of the molecule is CC1(O)CNCCC1(O)c1ccc(Cl)cc1. The first-order valence-corrected chi connectivity index (χ1v) is 5.75. The molecule has 1 aliphatic rings. The third-order valence-corrected chi connectivity index (χ3v) is 3.60. The van der Waals surface area contributed by atoms with Gasteiger partial charge in [0, 0.05) is 11.6 Å². The highest BCUT2D eigenvalue weighted by Gasteiger charge is 2.48. The molecule has 2 atom stereocenters. The number of benzene rings is 1. The van der Waals surface area contributed by atoms with Crippen LogP contribution in [0.15, 0.2) is 24.3 Å². The minimum Gasteiger partial charge on any atom is -0.385 e. The summed E-state index contributed by atoms with van der Waals surface area (Å²) in [6, 6.07) is 6.99. The Labute approximate surface area is 100 Å². The monoisotopic (exact) mass is 241 g/mol. The predicted molar refractivity (Wildman–Crippen MR) is 63.5 cm³/mol. The van der Waals surface area contributed by atoms with Crippen molar-refractivity contribution in [2.45, 2.75) is 24.5 Å². The van der Waals surface area contributed by atoms with Crippen LogP contribution < -0.4 is 5.32 Å². The number of β-amino-alcohol motifs (C(OH)–C–C–N with tert-alkyl or cyclic N) is 1. The van der Waals surface area contributed by atoms with Crippen LogP contribution in [0, 0.1) is 0 Å². The lowest BCUT2D eigenvalue weighted by atomic mass is 9.74. The van der Waals surface area contributed by atoms with Crippen LogP contribution in [0.2, 0.25) is 5.02 Å². The zero-order valence-corrected chi connectivity index (χ0v) is 9.96. The van der Waals surface area contributed by atoms with E-state index in [-0.39, 0.29) is 0 Å². The quantitative estimate of drug-likeness (QED) is 0.694. The van der Waals surface area contributed by atoms with Gasteiger partial charge in [-0.2, -0.15) is 0 Å². The molecule has 1 saturated heterocycles. The molecule has 2 rings (SSSR count). The maximum atomic E-state index is 10.6. The van der Waals surface area contributed by atoms with Gasteiger partial charge >= 0.3 is 0 Å². The molecule has 1 aliphatic heterocycles. The van der Waals surface area contributed by atoms with E-state index in [4.69, 9.17) is 11.6 Å². The summed E-state index contributed by atoms with van der Waals surface area (Å²) < 4.78 is 0. The Bertz CT molecular complexity index is 377. The molecule has 1 aromatic rings. The van der Waals surface area contributed by atoms with Gasteiger partial charge in [-0.05, 0) is 37.6 Å². The van der Waals surface area contributed by atoms with Crippen molar-refractivity contribution < 1.29 is 10.2 Å². The fraction of sp³-hybridized carbons (Fsp3) is 0.500. The van der Waals surface area contributed by atoms with E-state index in [0.29, 0.717) is 30.1 Å². The Kier molecular flexibility index (Phi) is 2.97. The van der Waals surface area contributed by atoms with Crippen molar-refractivity contribution in [3.63, 3.8) is 0 Å². The van der Waals surface area contributed by atoms with Crippen molar-refractivity contribution in [1.29, 1.82) is 0 Å². The third kappa shape index (κ3) is 1.84. The van der Waals surface area contributed by atoms with Gasteiger partial charge in [0.05, 0.1) is 0 Å². The molecule has 1 aromatic carbocycles. The summed E-state index contributed by atoms with van der Waals surface area (Å²) in [4.78, 5) is 0. The second kappa shape index (κ2) is 4.00. The highest BCUT2D eigenvalue weighted by molar-refractivity contribution is 6.30. The molecule has 2 unspecified atom stereocenters. The van der Waals surface area contributed by atoms with E-state index in [0.717, 1.165) is 0 Å². The molecule has 88 valence electrons. The van der Waals surface area contributed by atoms with E-state index >= 15 is 0 Å². The number of halogens is 1. The van der Waals surface area contributed by atoms with Gasteiger partial charge in [-0.1, -0.05) is 23.7 Å². The molecule has 0 bridgehead atoms. The van der Waals surface area contributed by atoms with Crippen molar-refractivity contribution in [3.8, 4) is 0 Å². The van der Waals surface area contributed by atoms with Crippen LogP contribution in [0.3, 0.4) is 0 Å². The molecule has 0 aliphatic carbocycles. The molecule has 16 heavy (non-hydrogen) atoms. The summed E-state index contributed by atoms with van der Waals surface area (Å²) in [7, 11) is 0. The maximum Gasteiger partial charge on any atom is 0.120 e. The van der Waals surface area contributed by atoms with Crippen LogP contribution in [-0.2, 0) is 5.60 Å². The van der Waals surface area contributed by atoms with Gasteiger partial charge in [0.15, 0.2) is 0 Å². The zero-order valence-electron chi connectivity index (χ0n) is 9.20. The van der Waals surface area contributed by atoms with Gasteiger partial charge in [-0.25, -0.2) is 0 Å². The lowest BCUT2D eigenvalue weighted by molar-refractivity contribution is -0.162. The molecule has 0 radical (unpaired) electrons. The van der Waals surface area contributed by atoms with Gasteiger partial charge in [0.1, 0.15) is 11.2 Å². The van der Waals surface area contributed by atoms with Crippen LogP contribution in [0.4, 0.5) is 0 Å². The van der Waals surface area contributed by atoms with Crippen LogP contribution in [0.5, 0.6) is 0 Å². The van der Waals surface area contributed by atoms with Gasteiger partial charge < -0.3 is 15.5 Å². The molecule has 0 spiro atoms.